The van der Waals surface area contributed by atoms with Crippen LogP contribution in [0.5, 0.6) is 0 Å². The monoisotopic (exact) mass is 304 g/mol. The van der Waals surface area contributed by atoms with Crippen LogP contribution in [0.2, 0.25) is 10.0 Å². The van der Waals surface area contributed by atoms with E-state index in [1.54, 1.807) is 18.2 Å². The molecule has 0 fully saturated rings. The van der Waals surface area contributed by atoms with Crippen LogP contribution in [-0.2, 0) is 14.3 Å². The highest BCUT2D eigenvalue weighted by molar-refractivity contribution is 7.80. The summed E-state index contributed by atoms with van der Waals surface area (Å²) in [5.74, 6) is -0.590. The molecule has 0 amide bonds. The Labute approximate surface area is 120 Å². The highest BCUT2D eigenvalue weighted by Gasteiger charge is 2.16. The number of ether oxygens (including phenoxy) is 2. The lowest BCUT2D eigenvalue weighted by atomic mass is 10.1. The van der Waals surface area contributed by atoms with Crippen LogP contribution in [0.25, 0.3) is 6.08 Å². The zero-order valence-corrected chi connectivity index (χ0v) is 12.0. The number of methoxy groups -OCH3 is 2. The molecule has 1 aromatic rings. The first-order chi connectivity index (χ1) is 8.49. The summed E-state index contributed by atoms with van der Waals surface area (Å²) in [6.07, 6.45) is 1.50. The summed E-state index contributed by atoms with van der Waals surface area (Å²) in [4.78, 5) is 11.6. The summed E-state index contributed by atoms with van der Waals surface area (Å²) in [5.41, 5.74) is 0.722. The van der Waals surface area contributed by atoms with Crippen molar-refractivity contribution >= 4 is 52.5 Å². The molecule has 0 N–H and O–H groups in total. The van der Waals surface area contributed by atoms with Crippen molar-refractivity contribution in [1.82, 2.24) is 0 Å². The zero-order chi connectivity index (χ0) is 13.7. The van der Waals surface area contributed by atoms with Crippen molar-refractivity contribution in [2.45, 2.75) is 0 Å². The van der Waals surface area contributed by atoms with Gasteiger partial charge >= 0.3 is 5.97 Å². The topological polar surface area (TPSA) is 35.5 Å². The molecule has 1 aromatic carbocycles. The largest absolute Gasteiger partial charge is 0.486 e. The molecule has 96 valence electrons. The number of esters is 1. The van der Waals surface area contributed by atoms with E-state index < -0.39 is 5.97 Å². The summed E-state index contributed by atoms with van der Waals surface area (Å²) in [6, 6.07) is 4.90. The molecule has 1 rings (SSSR count). The molecule has 0 saturated carbocycles. The molecule has 18 heavy (non-hydrogen) atoms. The number of halogens is 2. The van der Waals surface area contributed by atoms with E-state index in [4.69, 9.17) is 40.2 Å². The fraction of sp³-hybridized carbons (Fsp3) is 0.167. The minimum absolute atomic E-state index is 0.0351. The van der Waals surface area contributed by atoms with Gasteiger partial charge in [-0.1, -0.05) is 29.3 Å². The Balaban J connectivity index is 3.23. The van der Waals surface area contributed by atoms with Crippen LogP contribution in [0.3, 0.4) is 0 Å². The van der Waals surface area contributed by atoms with Crippen LogP contribution >= 0.6 is 35.4 Å². The van der Waals surface area contributed by atoms with Gasteiger partial charge < -0.3 is 9.47 Å². The molecule has 0 aromatic heterocycles. The van der Waals surface area contributed by atoms with E-state index in [2.05, 4.69) is 4.74 Å². The van der Waals surface area contributed by atoms with E-state index in [1.807, 2.05) is 0 Å². The van der Waals surface area contributed by atoms with Crippen molar-refractivity contribution < 1.29 is 14.3 Å². The second-order valence-corrected chi connectivity index (χ2v) is 4.42. The molecule has 0 saturated heterocycles. The van der Waals surface area contributed by atoms with Gasteiger partial charge in [0.2, 0.25) is 0 Å². The molecule has 0 unspecified atom stereocenters. The molecule has 0 aliphatic heterocycles. The molecule has 3 nitrogen and oxygen atoms in total. The molecule has 0 bridgehead atoms. The van der Waals surface area contributed by atoms with Crippen LogP contribution < -0.4 is 0 Å². The summed E-state index contributed by atoms with van der Waals surface area (Å²) < 4.78 is 9.49. The standard InChI is InChI=1S/C12H10Cl2O3S/c1-16-11(15)9(12(18)17-2)5-7-3-4-8(13)6-10(7)14/h3-6H,1-2H3. The van der Waals surface area contributed by atoms with Crippen molar-refractivity contribution in [3.8, 4) is 0 Å². The SMILES string of the molecule is COC(=O)C(=Cc1ccc(Cl)cc1Cl)C(=S)OC. The molecule has 0 radical (unpaired) electrons. The Hall–Kier alpha value is -1.10. The molecule has 0 heterocycles. The average molecular weight is 305 g/mol. The Morgan fingerprint density at radius 1 is 1.28 bits per heavy atom. The Bertz CT molecular complexity index is 494. The van der Waals surface area contributed by atoms with Gasteiger partial charge in [0.05, 0.1) is 14.2 Å². The van der Waals surface area contributed by atoms with Crippen molar-refractivity contribution in [2.75, 3.05) is 14.2 Å². The van der Waals surface area contributed by atoms with Gasteiger partial charge in [-0.2, -0.15) is 0 Å². The molecule has 0 spiro atoms. The predicted octanol–water partition coefficient (Wildman–Crippen LogP) is 3.52. The number of benzene rings is 1. The fourth-order valence-corrected chi connectivity index (χ4v) is 1.80. The molecule has 0 atom stereocenters. The lowest BCUT2D eigenvalue weighted by Gasteiger charge is -2.07. The fourth-order valence-electron chi connectivity index (χ4n) is 1.20. The first-order valence-electron chi connectivity index (χ1n) is 4.83. The maximum atomic E-state index is 11.6. The maximum absolute atomic E-state index is 11.6. The van der Waals surface area contributed by atoms with E-state index >= 15 is 0 Å². The smallest absolute Gasteiger partial charge is 0.342 e. The normalized spacial score (nSPS) is 11.0. The summed E-state index contributed by atoms with van der Waals surface area (Å²) in [7, 11) is 2.64. The van der Waals surface area contributed by atoms with Gasteiger partial charge in [0.25, 0.3) is 0 Å². The number of hydrogen-bond donors (Lipinski definition) is 0. The summed E-state index contributed by atoms with van der Waals surface area (Å²) in [6.45, 7) is 0. The Kier molecular flexibility index (Phi) is 5.59. The van der Waals surface area contributed by atoms with E-state index in [0.29, 0.717) is 15.6 Å². The van der Waals surface area contributed by atoms with E-state index in [9.17, 15) is 4.79 Å². The first kappa shape index (κ1) is 15.0. The predicted molar refractivity (Wildman–Crippen MR) is 76.1 cm³/mol. The Morgan fingerprint density at radius 2 is 1.94 bits per heavy atom. The van der Waals surface area contributed by atoms with Gasteiger partial charge in [0.1, 0.15) is 5.57 Å². The van der Waals surface area contributed by atoms with Crippen LogP contribution in [0.1, 0.15) is 5.56 Å². The quantitative estimate of drug-likeness (QED) is 0.486. The minimum Gasteiger partial charge on any atom is -0.486 e. The highest BCUT2D eigenvalue weighted by Crippen LogP contribution is 2.23. The molecular formula is C12H10Cl2O3S. The number of hydrogen-bond acceptors (Lipinski definition) is 4. The maximum Gasteiger partial charge on any atom is 0.342 e. The van der Waals surface area contributed by atoms with E-state index in [1.165, 1.54) is 20.3 Å². The van der Waals surface area contributed by atoms with Gasteiger partial charge in [0.15, 0.2) is 5.05 Å². The molecular weight excluding hydrogens is 295 g/mol. The van der Waals surface area contributed by atoms with Gasteiger partial charge in [-0.25, -0.2) is 4.79 Å². The van der Waals surface area contributed by atoms with Gasteiger partial charge in [-0.15, -0.1) is 0 Å². The highest BCUT2D eigenvalue weighted by atomic mass is 35.5. The third-order valence-electron chi connectivity index (χ3n) is 2.07. The van der Waals surface area contributed by atoms with Crippen molar-refractivity contribution in [2.24, 2.45) is 0 Å². The first-order valence-corrected chi connectivity index (χ1v) is 5.99. The lowest BCUT2D eigenvalue weighted by molar-refractivity contribution is -0.135. The minimum atomic E-state index is -0.590. The van der Waals surface area contributed by atoms with Crippen LogP contribution in [0.15, 0.2) is 23.8 Å². The van der Waals surface area contributed by atoms with Crippen LogP contribution in [-0.4, -0.2) is 25.2 Å². The molecule has 0 aliphatic carbocycles. The van der Waals surface area contributed by atoms with Gasteiger partial charge in [-0.3, -0.25) is 0 Å². The lowest BCUT2D eigenvalue weighted by Crippen LogP contribution is -2.14. The number of rotatable bonds is 3. The van der Waals surface area contributed by atoms with Crippen LogP contribution in [0.4, 0.5) is 0 Å². The van der Waals surface area contributed by atoms with Crippen molar-refractivity contribution in [1.29, 1.82) is 0 Å². The number of thiocarbonyl (C=S) groups is 1. The third-order valence-corrected chi connectivity index (χ3v) is 3.02. The molecule has 6 heteroatoms. The number of carbonyl (C=O) groups is 1. The summed E-state index contributed by atoms with van der Waals surface area (Å²) >= 11 is 16.7. The average Bonchev–Trinajstić information content (AvgIpc) is 2.36. The van der Waals surface area contributed by atoms with Gasteiger partial charge in [-0.05, 0) is 36.0 Å². The van der Waals surface area contributed by atoms with E-state index in [-0.39, 0.29) is 10.6 Å². The number of carbonyl (C=O) groups excluding carboxylic acids is 1. The van der Waals surface area contributed by atoms with E-state index in [0.717, 1.165) is 0 Å². The molecule has 0 aliphatic rings. The van der Waals surface area contributed by atoms with Crippen molar-refractivity contribution in [3.63, 3.8) is 0 Å². The second kappa shape index (κ2) is 6.73. The second-order valence-electron chi connectivity index (χ2n) is 3.21. The van der Waals surface area contributed by atoms with Crippen LogP contribution in [0, 0.1) is 0 Å². The Morgan fingerprint density at radius 3 is 2.44 bits per heavy atom. The zero-order valence-electron chi connectivity index (χ0n) is 9.70. The third kappa shape index (κ3) is 3.70. The van der Waals surface area contributed by atoms with Gasteiger partial charge in [0, 0.05) is 10.0 Å². The van der Waals surface area contributed by atoms with Crippen molar-refractivity contribution in [3.05, 3.63) is 39.4 Å². The summed E-state index contributed by atoms with van der Waals surface area (Å²) in [5, 5.41) is 0.946.